The highest BCUT2D eigenvalue weighted by Crippen LogP contribution is 2.32. The summed E-state index contributed by atoms with van der Waals surface area (Å²) >= 11 is 1.45. The van der Waals surface area contributed by atoms with Crippen molar-refractivity contribution in [3.8, 4) is 5.75 Å². The molecule has 3 aromatic rings. The minimum atomic E-state index is -0.174. The number of nitrogens with zero attached hydrogens (tertiary/aromatic N) is 1. The van der Waals surface area contributed by atoms with E-state index < -0.39 is 0 Å². The second-order valence-electron chi connectivity index (χ2n) is 6.44. The summed E-state index contributed by atoms with van der Waals surface area (Å²) in [6, 6.07) is 16.5. The van der Waals surface area contributed by atoms with Crippen LogP contribution in [0.15, 0.2) is 60.0 Å². The molecule has 4 rings (SSSR count). The smallest absolute Gasteiger partial charge is 0.268 e. The number of ether oxygens (including phenoxy) is 1. The standard InChI is InChI=1S/C22H20N2O3S/c1-2-27-18-8-5-15(6-9-18)21(25)23-17-7-10-19-16(14-17)11-12-24(19)22(26)20-4-3-13-28-20/h3-10,13-14H,2,11-12H2,1H3,(H,23,25). The molecule has 0 aliphatic carbocycles. The van der Waals surface area contributed by atoms with Crippen LogP contribution in [0.2, 0.25) is 0 Å². The third-order valence-electron chi connectivity index (χ3n) is 4.64. The Labute approximate surface area is 167 Å². The van der Waals surface area contributed by atoms with Gasteiger partial charge in [-0.2, -0.15) is 0 Å². The lowest BCUT2D eigenvalue weighted by Gasteiger charge is -2.16. The minimum absolute atomic E-state index is 0.0277. The molecular formula is C22H20N2O3S. The van der Waals surface area contributed by atoms with Crippen molar-refractivity contribution >= 4 is 34.5 Å². The third-order valence-corrected chi connectivity index (χ3v) is 5.50. The van der Waals surface area contributed by atoms with Crippen molar-refractivity contribution in [2.24, 2.45) is 0 Å². The number of nitrogens with one attached hydrogen (secondary N) is 1. The van der Waals surface area contributed by atoms with Gasteiger partial charge in [-0.15, -0.1) is 11.3 Å². The number of thiophene rings is 1. The highest BCUT2D eigenvalue weighted by atomic mass is 32.1. The maximum absolute atomic E-state index is 12.6. The van der Waals surface area contributed by atoms with Gasteiger partial charge in [-0.1, -0.05) is 6.07 Å². The molecule has 0 saturated carbocycles. The molecule has 2 aromatic carbocycles. The first kappa shape index (κ1) is 18.3. The summed E-state index contributed by atoms with van der Waals surface area (Å²) < 4.78 is 5.40. The SMILES string of the molecule is CCOc1ccc(C(=O)Nc2ccc3c(c2)CCN3C(=O)c2cccs2)cc1. The summed E-state index contributed by atoms with van der Waals surface area (Å²) in [5.41, 5.74) is 3.27. The molecule has 1 aliphatic heterocycles. The Hall–Kier alpha value is -3.12. The van der Waals surface area contributed by atoms with Crippen LogP contribution in [0.5, 0.6) is 5.75 Å². The number of hydrogen-bond donors (Lipinski definition) is 1. The average Bonchev–Trinajstić information content (AvgIpc) is 3.38. The van der Waals surface area contributed by atoms with Crippen LogP contribution in [0, 0.1) is 0 Å². The van der Waals surface area contributed by atoms with Crippen molar-refractivity contribution in [2.45, 2.75) is 13.3 Å². The largest absolute Gasteiger partial charge is 0.494 e. The van der Waals surface area contributed by atoms with Gasteiger partial charge in [0.05, 0.1) is 11.5 Å². The topological polar surface area (TPSA) is 58.6 Å². The van der Waals surface area contributed by atoms with Crippen LogP contribution in [-0.4, -0.2) is 25.0 Å². The first-order chi connectivity index (χ1) is 13.7. The van der Waals surface area contributed by atoms with Crippen molar-refractivity contribution in [3.05, 3.63) is 76.0 Å². The Bertz CT molecular complexity index is 997. The molecule has 1 aliphatic rings. The molecule has 0 unspecified atom stereocenters. The molecule has 2 amide bonds. The number of rotatable bonds is 5. The lowest BCUT2D eigenvalue weighted by atomic mass is 10.1. The van der Waals surface area contributed by atoms with Gasteiger partial charge < -0.3 is 15.0 Å². The Morgan fingerprint density at radius 2 is 1.96 bits per heavy atom. The van der Waals surface area contributed by atoms with E-state index in [1.54, 1.807) is 29.2 Å². The Morgan fingerprint density at radius 3 is 2.68 bits per heavy atom. The molecule has 1 N–H and O–H groups in total. The zero-order valence-corrected chi connectivity index (χ0v) is 16.3. The maximum atomic E-state index is 12.6. The maximum Gasteiger partial charge on any atom is 0.268 e. The lowest BCUT2D eigenvalue weighted by molar-refractivity contribution is 0.0991. The van der Waals surface area contributed by atoms with E-state index in [9.17, 15) is 9.59 Å². The molecule has 2 heterocycles. The highest BCUT2D eigenvalue weighted by Gasteiger charge is 2.26. The Morgan fingerprint density at radius 1 is 1.14 bits per heavy atom. The minimum Gasteiger partial charge on any atom is -0.494 e. The van der Waals surface area contributed by atoms with E-state index in [0.717, 1.165) is 34.0 Å². The van der Waals surface area contributed by atoms with Gasteiger partial charge in [0.2, 0.25) is 0 Å². The molecule has 142 valence electrons. The first-order valence-corrected chi connectivity index (χ1v) is 10.1. The number of carbonyl (C=O) groups is 2. The third kappa shape index (κ3) is 3.64. The van der Waals surface area contributed by atoms with E-state index in [1.807, 2.05) is 42.6 Å². The predicted molar refractivity (Wildman–Crippen MR) is 112 cm³/mol. The molecule has 5 nitrogen and oxygen atoms in total. The van der Waals surface area contributed by atoms with E-state index in [4.69, 9.17) is 4.74 Å². The molecule has 0 fully saturated rings. The van der Waals surface area contributed by atoms with Crippen molar-refractivity contribution in [2.75, 3.05) is 23.4 Å². The van der Waals surface area contributed by atoms with E-state index in [-0.39, 0.29) is 11.8 Å². The number of hydrogen-bond acceptors (Lipinski definition) is 4. The summed E-state index contributed by atoms with van der Waals surface area (Å²) in [5, 5.41) is 4.84. The van der Waals surface area contributed by atoms with Crippen LogP contribution in [0.1, 0.15) is 32.5 Å². The number of benzene rings is 2. The fraction of sp³-hybridized carbons (Fsp3) is 0.182. The molecule has 0 radical (unpaired) electrons. The normalized spacial score (nSPS) is 12.5. The van der Waals surface area contributed by atoms with Gasteiger partial charge in [0.1, 0.15) is 5.75 Å². The zero-order chi connectivity index (χ0) is 19.5. The molecule has 1 aromatic heterocycles. The highest BCUT2D eigenvalue weighted by molar-refractivity contribution is 7.12. The second-order valence-corrected chi connectivity index (χ2v) is 7.39. The van der Waals surface area contributed by atoms with Crippen LogP contribution < -0.4 is 15.0 Å². The van der Waals surface area contributed by atoms with Crippen molar-refractivity contribution in [1.29, 1.82) is 0 Å². The fourth-order valence-corrected chi connectivity index (χ4v) is 3.97. The Kier molecular flexibility index (Phi) is 5.12. The predicted octanol–water partition coefficient (Wildman–Crippen LogP) is 4.60. The van der Waals surface area contributed by atoms with E-state index in [2.05, 4.69) is 5.32 Å². The average molecular weight is 392 g/mol. The van der Waals surface area contributed by atoms with E-state index >= 15 is 0 Å². The van der Waals surface area contributed by atoms with Crippen molar-refractivity contribution < 1.29 is 14.3 Å². The molecule has 28 heavy (non-hydrogen) atoms. The van der Waals surface area contributed by atoms with E-state index in [0.29, 0.717) is 18.7 Å². The monoisotopic (exact) mass is 392 g/mol. The summed E-state index contributed by atoms with van der Waals surface area (Å²) in [4.78, 5) is 27.7. The van der Waals surface area contributed by atoms with Gasteiger partial charge in [0.25, 0.3) is 11.8 Å². The first-order valence-electron chi connectivity index (χ1n) is 9.18. The number of fused-ring (bicyclic) bond motifs is 1. The molecular weight excluding hydrogens is 372 g/mol. The van der Waals surface area contributed by atoms with Gasteiger partial charge in [-0.25, -0.2) is 0 Å². The summed E-state index contributed by atoms with van der Waals surface area (Å²) in [6.45, 7) is 3.17. The Balaban J connectivity index is 1.47. The number of amides is 2. The van der Waals surface area contributed by atoms with E-state index in [1.165, 1.54) is 11.3 Å². The van der Waals surface area contributed by atoms with Crippen molar-refractivity contribution in [1.82, 2.24) is 0 Å². The molecule has 0 spiro atoms. The molecule has 0 bridgehead atoms. The summed E-state index contributed by atoms with van der Waals surface area (Å²) in [5.74, 6) is 0.597. The van der Waals surface area contributed by atoms with Gasteiger partial charge >= 0.3 is 0 Å². The van der Waals surface area contributed by atoms with Crippen LogP contribution in [0.25, 0.3) is 0 Å². The van der Waals surface area contributed by atoms with Gasteiger partial charge in [-0.05, 0) is 72.8 Å². The summed E-state index contributed by atoms with van der Waals surface area (Å²) in [6.07, 6.45) is 0.777. The fourth-order valence-electron chi connectivity index (χ4n) is 3.30. The van der Waals surface area contributed by atoms with Crippen LogP contribution in [0.4, 0.5) is 11.4 Å². The van der Waals surface area contributed by atoms with Crippen LogP contribution >= 0.6 is 11.3 Å². The van der Waals surface area contributed by atoms with Gasteiger partial charge in [0.15, 0.2) is 0 Å². The van der Waals surface area contributed by atoms with Gasteiger partial charge in [-0.3, -0.25) is 9.59 Å². The van der Waals surface area contributed by atoms with Crippen LogP contribution in [-0.2, 0) is 6.42 Å². The quantitative estimate of drug-likeness (QED) is 0.690. The zero-order valence-electron chi connectivity index (χ0n) is 15.5. The molecule has 0 atom stereocenters. The summed E-state index contributed by atoms with van der Waals surface area (Å²) in [7, 11) is 0. The van der Waals surface area contributed by atoms with Gasteiger partial charge in [0, 0.05) is 23.5 Å². The van der Waals surface area contributed by atoms with Crippen LogP contribution in [0.3, 0.4) is 0 Å². The molecule has 0 saturated heterocycles. The molecule has 6 heteroatoms. The lowest BCUT2D eigenvalue weighted by Crippen LogP contribution is -2.28. The van der Waals surface area contributed by atoms with Crippen molar-refractivity contribution in [3.63, 3.8) is 0 Å². The second kappa shape index (κ2) is 7.86. The number of carbonyl (C=O) groups excluding carboxylic acids is 2. The number of anilines is 2.